The van der Waals surface area contributed by atoms with Crippen molar-refractivity contribution in [3.63, 3.8) is 0 Å². The Kier molecular flexibility index (Phi) is 3.95. The maximum absolute atomic E-state index is 12.9. The first kappa shape index (κ1) is 17.2. The van der Waals surface area contributed by atoms with Gasteiger partial charge in [-0.3, -0.25) is 4.79 Å². The lowest BCUT2D eigenvalue weighted by atomic mass is 10.1. The van der Waals surface area contributed by atoms with Crippen LogP contribution in [0.3, 0.4) is 0 Å². The first-order chi connectivity index (χ1) is 11.6. The highest BCUT2D eigenvalue weighted by atomic mass is 32.2. The van der Waals surface area contributed by atoms with Crippen molar-refractivity contribution in [3.05, 3.63) is 59.2 Å². The molecule has 0 bridgehead atoms. The molecule has 0 aliphatic carbocycles. The minimum absolute atomic E-state index is 0.0520. The van der Waals surface area contributed by atoms with Gasteiger partial charge in [0, 0.05) is 10.9 Å². The second-order valence-electron chi connectivity index (χ2n) is 5.56. The van der Waals surface area contributed by atoms with Gasteiger partial charge in [0.25, 0.3) is 0 Å². The lowest BCUT2D eigenvalue weighted by molar-refractivity contribution is -0.137. The Morgan fingerprint density at radius 3 is 2.24 bits per heavy atom. The highest BCUT2D eigenvalue weighted by Crippen LogP contribution is 2.34. The van der Waals surface area contributed by atoms with Crippen molar-refractivity contribution in [2.45, 2.75) is 23.0 Å². The Morgan fingerprint density at radius 2 is 1.68 bits per heavy atom. The number of hydrogen-bond acceptors (Lipinski definition) is 3. The van der Waals surface area contributed by atoms with Gasteiger partial charge in [-0.1, -0.05) is 17.7 Å². The molecule has 0 spiro atoms. The van der Waals surface area contributed by atoms with E-state index in [1.54, 1.807) is 19.1 Å². The number of fused-ring (bicyclic) bond motifs is 1. The normalized spacial score (nSPS) is 12.5. The number of sulfone groups is 1. The summed E-state index contributed by atoms with van der Waals surface area (Å²) in [6.45, 7) is 1.79. The minimum atomic E-state index is -4.60. The zero-order valence-corrected chi connectivity index (χ0v) is 13.7. The summed E-state index contributed by atoms with van der Waals surface area (Å²) in [5.74, 6) is 0. The van der Waals surface area contributed by atoms with Gasteiger partial charge in [-0.25, -0.2) is 8.42 Å². The van der Waals surface area contributed by atoms with E-state index in [-0.39, 0.29) is 27.6 Å². The third kappa shape index (κ3) is 2.93. The molecule has 0 radical (unpaired) electrons. The van der Waals surface area contributed by atoms with Gasteiger partial charge in [0.2, 0.25) is 9.84 Å². The predicted molar refractivity (Wildman–Crippen MR) is 85.3 cm³/mol. The molecule has 4 nitrogen and oxygen atoms in total. The number of benzene rings is 2. The molecule has 2 aromatic carbocycles. The van der Waals surface area contributed by atoms with Gasteiger partial charge < -0.3 is 4.98 Å². The van der Waals surface area contributed by atoms with E-state index in [4.69, 9.17) is 0 Å². The zero-order valence-electron chi connectivity index (χ0n) is 12.9. The fourth-order valence-corrected chi connectivity index (χ4v) is 3.95. The molecule has 130 valence electrons. The smallest absolute Gasteiger partial charge is 0.345 e. The fourth-order valence-electron chi connectivity index (χ4n) is 2.53. The van der Waals surface area contributed by atoms with E-state index in [0.29, 0.717) is 0 Å². The Labute approximate surface area is 141 Å². The number of aromatic amines is 1. The summed E-state index contributed by atoms with van der Waals surface area (Å²) in [4.78, 5) is 13.9. The van der Waals surface area contributed by atoms with Crippen LogP contribution in [0.25, 0.3) is 10.9 Å². The highest BCUT2D eigenvalue weighted by molar-refractivity contribution is 7.91. The second-order valence-corrected chi connectivity index (χ2v) is 7.45. The lowest BCUT2D eigenvalue weighted by Crippen LogP contribution is -2.05. The maximum atomic E-state index is 12.9. The van der Waals surface area contributed by atoms with Crippen LogP contribution in [0.5, 0.6) is 0 Å². The average Bonchev–Trinajstić information content (AvgIpc) is 2.93. The number of alkyl halides is 3. The quantitative estimate of drug-likeness (QED) is 0.708. The van der Waals surface area contributed by atoms with E-state index in [9.17, 15) is 26.4 Å². The van der Waals surface area contributed by atoms with Crippen LogP contribution < -0.4 is 0 Å². The number of aromatic nitrogens is 1. The van der Waals surface area contributed by atoms with Gasteiger partial charge in [-0.05, 0) is 37.3 Å². The molecule has 25 heavy (non-hydrogen) atoms. The molecule has 0 aliphatic rings. The van der Waals surface area contributed by atoms with E-state index < -0.39 is 26.6 Å². The van der Waals surface area contributed by atoms with Crippen LogP contribution in [-0.4, -0.2) is 19.7 Å². The molecule has 1 aromatic heterocycles. The number of aryl methyl sites for hydroxylation is 1. The second kappa shape index (κ2) is 5.73. The van der Waals surface area contributed by atoms with Gasteiger partial charge in [0.05, 0.1) is 16.0 Å². The van der Waals surface area contributed by atoms with Crippen molar-refractivity contribution in [2.75, 3.05) is 0 Å². The molecule has 1 N–H and O–H groups in total. The van der Waals surface area contributed by atoms with E-state index >= 15 is 0 Å². The highest BCUT2D eigenvalue weighted by Gasteiger charge is 2.32. The molecule has 3 rings (SSSR count). The lowest BCUT2D eigenvalue weighted by Gasteiger charge is -2.06. The summed E-state index contributed by atoms with van der Waals surface area (Å²) in [7, 11) is -4.08. The summed E-state index contributed by atoms with van der Waals surface area (Å²) in [6.07, 6.45) is -4.35. The first-order valence-corrected chi connectivity index (χ1v) is 8.63. The SMILES string of the molecule is Cc1ccc(S(=O)(=O)c2[nH]c3ccc(C(F)(F)F)cc3c2C=O)cc1. The van der Waals surface area contributed by atoms with Crippen molar-refractivity contribution in [2.24, 2.45) is 0 Å². The van der Waals surface area contributed by atoms with E-state index in [1.807, 2.05) is 0 Å². The van der Waals surface area contributed by atoms with Gasteiger partial charge in [0.1, 0.15) is 5.03 Å². The van der Waals surface area contributed by atoms with Crippen LogP contribution >= 0.6 is 0 Å². The average molecular weight is 367 g/mol. The molecule has 8 heteroatoms. The van der Waals surface area contributed by atoms with Crippen LogP contribution in [0.15, 0.2) is 52.4 Å². The van der Waals surface area contributed by atoms with E-state index in [1.165, 1.54) is 12.1 Å². The molecule has 0 atom stereocenters. The molecule has 0 unspecified atom stereocenters. The third-order valence-corrected chi connectivity index (χ3v) is 5.60. The Morgan fingerprint density at radius 1 is 1.04 bits per heavy atom. The Balaban J connectivity index is 2.26. The number of aldehydes is 1. The van der Waals surface area contributed by atoms with Crippen LogP contribution in [0, 0.1) is 6.92 Å². The van der Waals surface area contributed by atoms with Crippen LogP contribution in [-0.2, 0) is 16.0 Å². The number of nitrogens with one attached hydrogen (secondary N) is 1. The van der Waals surface area contributed by atoms with Crippen molar-refractivity contribution < 1.29 is 26.4 Å². The summed E-state index contributed by atoms with van der Waals surface area (Å²) in [6, 6.07) is 8.66. The summed E-state index contributed by atoms with van der Waals surface area (Å²) >= 11 is 0. The Hall–Kier alpha value is -2.61. The number of carbonyl (C=O) groups is 1. The molecular weight excluding hydrogens is 355 g/mol. The maximum Gasteiger partial charge on any atom is 0.416 e. The third-order valence-electron chi connectivity index (χ3n) is 3.85. The Bertz CT molecular complexity index is 1060. The number of H-pyrrole nitrogens is 1. The van der Waals surface area contributed by atoms with Gasteiger partial charge in [0.15, 0.2) is 6.29 Å². The van der Waals surface area contributed by atoms with Gasteiger partial charge >= 0.3 is 6.18 Å². The van der Waals surface area contributed by atoms with E-state index in [2.05, 4.69) is 4.98 Å². The van der Waals surface area contributed by atoms with Crippen molar-refractivity contribution in [1.82, 2.24) is 4.98 Å². The van der Waals surface area contributed by atoms with Crippen molar-refractivity contribution in [1.29, 1.82) is 0 Å². The van der Waals surface area contributed by atoms with Crippen LogP contribution in [0.1, 0.15) is 21.5 Å². The summed E-state index contributed by atoms with van der Waals surface area (Å²) in [5, 5.41) is -0.504. The minimum Gasteiger partial charge on any atom is -0.345 e. The number of rotatable bonds is 3. The predicted octanol–water partition coefficient (Wildman–Crippen LogP) is 4.14. The topological polar surface area (TPSA) is 67.0 Å². The number of carbonyl (C=O) groups excluding carboxylic acids is 1. The van der Waals surface area contributed by atoms with Crippen LogP contribution in [0.4, 0.5) is 13.2 Å². The molecule has 0 saturated carbocycles. The van der Waals surface area contributed by atoms with Crippen molar-refractivity contribution >= 4 is 27.0 Å². The first-order valence-electron chi connectivity index (χ1n) is 7.14. The van der Waals surface area contributed by atoms with Crippen LogP contribution in [0.2, 0.25) is 0 Å². The standard InChI is InChI=1S/C17H12F3NO3S/c1-10-2-5-12(6-3-10)25(23,24)16-14(9-22)13-8-11(17(18,19)20)4-7-15(13)21-16/h2-9,21H,1H3. The molecule has 0 aliphatic heterocycles. The van der Waals surface area contributed by atoms with Crippen molar-refractivity contribution in [3.8, 4) is 0 Å². The molecule has 0 saturated heterocycles. The monoisotopic (exact) mass is 367 g/mol. The van der Waals surface area contributed by atoms with Gasteiger partial charge in [-0.15, -0.1) is 0 Å². The largest absolute Gasteiger partial charge is 0.416 e. The summed E-state index contributed by atoms with van der Waals surface area (Å²) in [5.41, 5.74) is -0.287. The summed E-state index contributed by atoms with van der Waals surface area (Å²) < 4.78 is 64.2. The molecule has 3 aromatic rings. The van der Waals surface area contributed by atoms with Gasteiger partial charge in [-0.2, -0.15) is 13.2 Å². The molecular formula is C17H12F3NO3S. The fraction of sp³-hybridized carbons (Fsp3) is 0.118. The molecule has 0 amide bonds. The molecule has 0 fully saturated rings. The zero-order chi connectivity index (χ0) is 18.4. The number of hydrogen-bond donors (Lipinski definition) is 1. The number of halogens is 3. The van der Waals surface area contributed by atoms with E-state index in [0.717, 1.165) is 23.8 Å². The molecule has 1 heterocycles.